The lowest BCUT2D eigenvalue weighted by molar-refractivity contribution is 0.219. The average molecular weight is 263 g/mol. The van der Waals surface area contributed by atoms with Gasteiger partial charge in [-0.05, 0) is 32.7 Å². The van der Waals surface area contributed by atoms with E-state index in [4.69, 9.17) is 0 Å². The predicted molar refractivity (Wildman–Crippen MR) is 79.6 cm³/mol. The number of anilines is 2. The Kier molecular flexibility index (Phi) is 5.39. The van der Waals surface area contributed by atoms with E-state index in [0.29, 0.717) is 6.04 Å². The van der Waals surface area contributed by atoms with Crippen LogP contribution in [0.15, 0.2) is 12.4 Å². The van der Waals surface area contributed by atoms with Gasteiger partial charge < -0.3 is 15.5 Å². The number of piperidine rings is 1. The predicted octanol–water partition coefficient (Wildman–Crippen LogP) is 2.19. The van der Waals surface area contributed by atoms with Crippen LogP contribution in [0.2, 0.25) is 0 Å². The van der Waals surface area contributed by atoms with E-state index in [1.165, 1.54) is 38.9 Å². The minimum atomic E-state index is 0.527. The number of nitrogens with zero attached hydrogens (tertiary/aromatic N) is 3. The van der Waals surface area contributed by atoms with Gasteiger partial charge in [-0.2, -0.15) is 0 Å². The first kappa shape index (κ1) is 14.1. The fourth-order valence-corrected chi connectivity index (χ4v) is 2.53. The van der Waals surface area contributed by atoms with Crippen molar-refractivity contribution in [2.45, 2.75) is 39.2 Å². The minimum absolute atomic E-state index is 0.527. The quantitative estimate of drug-likeness (QED) is 0.824. The van der Waals surface area contributed by atoms with E-state index in [0.717, 1.165) is 18.2 Å². The molecule has 1 aliphatic rings. The molecule has 5 nitrogen and oxygen atoms in total. The highest BCUT2D eigenvalue weighted by molar-refractivity contribution is 5.42. The molecule has 106 valence electrons. The number of hydrogen-bond donors (Lipinski definition) is 2. The minimum Gasteiger partial charge on any atom is -0.369 e. The molecular weight excluding hydrogens is 238 g/mol. The molecule has 0 aliphatic carbocycles. The molecule has 0 unspecified atom stereocenters. The maximum Gasteiger partial charge on any atom is 0.147 e. The summed E-state index contributed by atoms with van der Waals surface area (Å²) in [6.07, 6.45) is 7.19. The summed E-state index contributed by atoms with van der Waals surface area (Å²) in [6.45, 7) is 8.77. The van der Waals surface area contributed by atoms with E-state index >= 15 is 0 Å². The van der Waals surface area contributed by atoms with Crippen molar-refractivity contribution in [3.05, 3.63) is 12.4 Å². The Morgan fingerprint density at radius 2 is 1.95 bits per heavy atom. The van der Waals surface area contributed by atoms with Gasteiger partial charge in [0.1, 0.15) is 11.6 Å². The highest BCUT2D eigenvalue weighted by Crippen LogP contribution is 2.15. The van der Waals surface area contributed by atoms with Crippen molar-refractivity contribution in [2.75, 3.05) is 36.8 Å². The topological polar surface area (TPSA) is 53.1 Å². The van der Waals surface area contributed by atoms with E-state index in [-0.39, 0.29) is 0 Å². The van der Waals surface area contributed by atoms with Crippen LogP contribution in [0.25, 0.3) is 0 Å². The van der Waals surface area contributed by atoms with Crippen molar-refractivity contribution < 1.29 is 0 Å². The smallest absolute Gasteiger partial charge is 0.147 e. The summed E-state index contributed by atoms with van der Waals surface area (Å²) in [7, 11) is 0. The van der Waals surface area contributed by atoms with Gasteiger partial charge in [-0.3, -0.25) is 4.98 Å². The van der Waals surface area contributed by atoms with Crippen LogP contribution in [0.3, 0.4) is 0 Å². The Bertz CT molecular complexity index is 374. The molecule has 1 aromatic rings. The molecule has 1 aromatic heterocycles. The Morgan fingerprint density at radius 3 is 2.63 bits per heavy atom. The third-order valence-electron chi connectivity index (χ3n) is 3.47. The van der Waals surface area contributed by atoms with Crippen molar-refractivity contribution in [1.29, 1.82) is 0 Å². The molecule has 1 saturated heterocycles. The molecule has 0 aromatic carbocycles. The van der Waals surface area contributed by atoms with E-state index in [1.54, 1.807) is 12.4 Å². The van der Waals surface area contributed by atoms with Gasteiger partial charge in [0.05, 0.1) is 12.4 Å². The molecule has 0 saturated carbocycles. The van der Waals surface area contributed by atoms with Crippen molar-refractivity contribution in [1.82, 2.24) is 14.9 Å². The first-order chi connectivity index (χ1) is 9.31. The number of aromatic nitrogens is 2. The first-order valence-corrected chi connectivity index (χ1v) is 7.36. The van der Waals surface area contributed by atoms with E-state index in [1.807, 2.05) is 0 Å². The standard InChI is InChI=1S/C14H25N5/c1-3-7-19-8-5-12(6-9-19)17-14-11-15-10-13(18-14)16-4-2/h10-12H,3-9H2,1-2H3,(H2,16,17,18). The van der Waals surface area contributed by atoms with Crippen LogP contribution in [-0.4, -0.2) is 47.1 Å². The lowest BCUT2D eigenvalue weighted by Crippen LogP contribution is -2.39. The van der Waals surface area contributed by atoms with Gasteiger partial charge >= 0.3 is 0 Å². The third kappa shape index (κ3) is 4.35. The average Bonchev–Trinajstić information content (AvgIpc) is 2.42. The molecular formula is C14H25N5. The van der Waals surface area contributed by atoms with Gasteiger partial charge in [0.25, 0.3) is 0 Å². The fourth-order valence-electron chi connectivity index (χ4n) is 2.53. The van der Waals surface area contributed by atoms with Crippen molar-refractivity contribution in [3.63, 3.8) is 0 Å². The zero-order chi connectivity index (χ0) is 13.5. The van der Waals surface area contributed by atoms with E-state index in [9.17, 15) is 0 Å². The molecule has 2 rings (SSSR count). The molecule has 19 heavy (non-hydrogen) atoms. The number of nitrogens with one attached hydrogen (secondary N) is 2. The molecule has 2 heterocycles. The third-order valence-corrected chi connectivity index (χ3v) is 3.47. The lowest BCUT2D eigenvalue weighted by Gasteiger charge is -2.32. The van der Waals surface area contributed by atoms with Gasteiger partial charge in [0.2, 0.25) is 0 Å². The zero-order valence-corrected chi connectivity index (χ0v) is 12.0. The van der Waals surface area contributed by atoms with Gasteiger partial charge in [-0.25, -0.2) is 4.98 Å². The SMILES string of the molecule is CCCN1CCC(Nc2cncc(NCC)n2)CC1. The van der Waals surface area contributed by atoms with Gasteiger partial charge in [0.15, 0.2) is 0 Å². The van der Waals surface area contributed by atoms with Gasteiger partial charge in [0, 0.05) is 25.7 Å². The van der Waals surface area contributed by atoms with Gasteiger partial charge in [-0.1, -0.05) is 6.92 Å². The molecule has 1 aliphatic heterocycles. The highest BCUT2D eigenvalue weighted by atomic mass is 15.2. The number of hydrogen-bond acceptors (Lipinski definition) is 5. The van der Waals surface area contributed by atoms with Crippen molar-refractivity contribution in [2.24, 2.45) is 0 Å². The summed E-state index contributed by atoms with van der Waals surface area (Å²) in [6, 6.07) is 0.527. The molecule has 0 bridgehead atoms. The molecule has 1 fully saturated rings. The largest absolute Gasteiger partial charge is 0.369 e. The molecule has 0 amide bonds. The molecule has 0 radical (unpaired) electrons. The van der Waals surface area contributed by atoms with Crippen molar-refractivity contribution >= 4 is 11.6 Å². The maximum atomic E-state index is 4.51. The summed E-state index contributed by atoms with van der Waals surface area (Å²) < 4.78 is 0. The zero-order valence-electron chi connectivity index (χ0n) is 12.0. The molecule has 0 atom stereocenters. The molecule has 0 spiro atoms. The second-order valence-corrected chi connectivity index (χ2v) is 5.08. The van der Waals surface area contributed by atoms with E-state index in [2.05, 4.69) is 39.3 Å². The Labute approximate surface area is 115 Å². The van der Waals surface area contributed by atoms with Crippen LogP contribution >= 0.6 is 0 Å². The van der Waals surface area contributed by atoms with Crippen LogP contribution in [0, 0.1) is 0 Å². The summed E-state index contributed by atoms with van der Waals surface area (Å²) in [5.41, 5.74) is 0. The lowest BCUT2D eigenvalue weighted by atomic mass is 10.1. The Morgan fingerprint density at radius 1 is 1.21 bits per heavy atom. The van der Waals surface area contributed by atoms with Crippen LogP contribution in [0.5, 0.6) is 0 Å². The highest BCUT2D eigenvalue weighted by Gasteiger charge is 2.18. The molecule has 2 N–H and O–H groups in total. The summed E-state index contributed by atoms with van der Waals surface area (Å²) in [5, 5.41) is 6.69. The summed E-state index contributed by atoms with van der Waals surface area (Å²) in [5.74, 6) is 1.73. The second kappa shape index (κ2) is 7.28. The fraction of sp³-hybridized carbons (Fsp3) is 0.714. The summed E-state index contributed by atoms with van der Waals surface area (Å²) in [4.78, 5) is 11.3. The van der Waals surface area contributed by atoms with Crippen LogP contribution in [0.4, 0.5) is 11.6 Å². The first-order valence-electron chi connectivity index (χ1n) is 7.36. The van der Waals surface area contributed by atoms with Crippen LogP contribution < -0.4 is 10.6 Å². The van der Waals surface area contributed by atoms with Crippen LogP contribution in [0.1, 0.15) is 33.1 Å². The molecule has 5 heteroatoms. The van der Waals surface area contributed by atoms with Crippen LogP contribution in [-0.2, 0) is 0 Å². The van der Waals surface area contributed by atoms with Crippen molar-refractivity contribution in [3.8, 4) is 0 Å². The summed E-state index contributed by atoms with van der Waals surface area (Å²) >= 11 is 0. The second-order valence-electron chi connectivity index (χ2n) is 5.08. The normalized spacial score (nSPS) is 17.4. The monoisotopic (exact) mass is 263 g/mol. The van der Waals surface area contributed by atoms with E-state index < -0.39 is 0 Å². The maximum absolute atomic E-state index is 4.51. The number of likely N-dealkylation sites (tertiary alicyclic amines) is 1. The Balaban J connectivity index is 1.83. The Hall–Kier alpha value is -1.36. The van der Waals surface area contributed by atoms with Gasteiger partial charge in [-0.15, -0.1) is 0 Å². The number of rotatable bonds is 6.